The van der Waals surface area contributed by atoms with Gasteiger partial charge in [-0.1, -0.05) is 6.08 Å². The maximum absolute atomic E-state index is 13.5. The fraction of sp³-hybridized carbons (Fsp3) is 0.182. The molecule has 0 saturated heterocycles. The smallest absolute Gasteiger partial charge is 0.318 e. The van der Waals surface area contributed by atoms with E-state index in [1.165, 1.54) is 6.08 Å². The molecule has 0 bridgehead atoms. The Kier molecular flexibility index (Phi) is 5.11. The lowest BCUT2D eigenvalue weighted by Crippen LogP contribution is -2.35. The van der Waals surface area contributed by atoms with Crippen LogP contribution in [0, 0.1) is 15.9 Å². The quantitative estimate of drug-likeness (QED) is 0.455. The lowest BCUT2D eigenvalue weighted by molar-refractivity contribution is -0.387. The molecule has 0 unspecified atom stereocenters. The molecule has 0 saturated carbocycles. The van der Waals surface area contributed by atoms with E-state index in [1.807, 2.05) is 0 Å². The van der Waals surface area contributed by atoms with Gasteiger partial charge in [-0.3, -0.25) is 14.9 Å². The second-order valence-corrected chi connectivity index (χ2v) is 5.79. The molecule has 114 valence electrons. The van der Waals surface area contributed by atoms with Crippen molar-refractivity contribution in [2.45, 2.75) is 4.90 Å². The summed E-state index contributed by atoms with van der Waals surface area (Å²) in [6, 6.07) is 2.02. The topological polar surface area (TPSA) is 118 Å². The summed E-state index contributed by atoms with van der Waals surface area (Å²) >= 11 is 0. The van der Waals surface area contributed by atoms with Crippen LogP contribution in [0.5, 0.6) is 0 Å². The van der Waals surface area contributed by atoms with Crippen molar-refractivity contribution >= 4 is 21.7 Å². The van der Waals surface area contributed by atoms with Gasteiger partial charge in [-0.2, -0.15) is 8.70 Å². The molecule has 21 heavy (non-hydrogen) atoms. The first kappa shape index (κ1) is 16.7. The first-order valence-corrected chi connectivity index (χ1v) is 6.91. The molecule has 0 amide bonds. The standard InChI is InChI=1S/C11H11FN2O6S/c1-2-5-13(7-11(15)16)21(19,20)8-3-4-10(14(17)18)9(12)6-8/h2-4,6H,1,5,7H2,(H,15,16). The largest absolute Gasteiger partial charge is 0.480 e. The Labute approximate surface area is 119 Å². The number of nitrogens with zero attached hydrogens (tertiary/aromatic N) is 2. The number of carbonyl (C=O) groups is 1. The second-order valence-electron chi connectivity index (χ2n) is 3.85. The Bertz CT molecular complexity index is 688. The normalized spacial score (nSPS) is 11.3. The number of benzene rings is 1. The molecule has 0 aromatic heterocycles. The van der Waals surface area contributed by atoms with E-state index in [0.717, 1.165) is 6.07 Å². The van der Waals surface area contributed by atoms with Gasteiger partial charge in [0.15, 0.2) is 0 Å². The van der Waals surface area contributed by atoms with Crippen LogP contribution in [0.1, 0.15) is 0 Å². The van der Waals surface area contributed by atoms with Gasteiger partial charge in [0, 0.05) is 18.7 Å². The van der Waals surface area contributed by atoms with Gasteiger partial charge in [0.2, 0.25) is 15.8 Å². The van der Waals surface area contributed by atoms with E-state index in [-0.39, 0.29) is 6.54 Å². The molecule has 8 nitrogen and oxygen atoms in total. The summed E-state index contributed by atoms with van der Waals surface area (Å²) < 4.78 is 38.4. The number of halogens is 1. The van der Waals surface area contributed by atoms with Crippen molar-refractivity contribution in [2.75, 3.05) is 13.1 Å². The van der Waals surface area contributed by atoms with Crippen LogP contribution in [0.2, 0.25) is 0 Å². The van der Waals surface area contributed by atoms with Gasteiger partial charge in [-0.15, -0.1) is 6.58 Å². The molecule has 0 atom stereocenters. The summed E-state index contributed by atoms with van der Waals surface area (Å²) in [5.74, 6) is -2.72. The minimum absolute atomic E-state index is 0.298. The zero-order valence-corrected chi connectivity index (χ0v) is 11.4. The lowest BCUT2D eigenvalue weighted by Gasteiger charge is -2.18. The maximum Gasteiger partial charge on any atom is 0.318 e. The van der Waals surface area contributed by atoms with E-state index in [9.17, 15) is 27.7 Å². The van der Waals surface area contributed by atoms with Crippen LogP contribution in [0.3, 0.4) is 0 Å². The molecule has 0 heterocycles. The third-order valence-electron chi connectivity index (χ3n) is 2.40. The molecule has 0 radical (unpaired) electrons. The number of nitro benzene ring substituents is 1. The molecule has 1 rings (SSSR count). The summed E-state index contributed by atoms with van der Waals surface area (Å²) in [6.45, 7) is 2.17. The predicted octanol–water partition coefficient (Wildman–Crippen LogP) is 0.995. The third kappa shape index (κ3) is 3.83. The van der Waals surface area contributed by atoms with Crippen LogP contribution < -0.4 is 0 Å². The Balaban J connectivity index is 3.27. The third-order valence-corrected chi connectivity index (χ3v) is 4.21. The van der Waals surface area contributed by atoms with Crippen molar-refractivity contribution in [3.63, 3.8) is 0 Å². The minimum atomic E-state index is -4.30. The highest BCUT2D eigenvalue weighted by atomic mass is 32.2. The first-order chi connectivity index (χ1) is 9.70. The Hall–Kier alpha value is -2.33. The molecule has 0 aliphatic carbocycles. The molecule has 0 aliphatic rings. The Morgan fingerprint density at radius 1 is 1.52 bits per heavy atom. The van der Waals surface area contributed by atoms with Crippen molar-refractivity contribution in [3.8, 4) is 0 Å². The van der Waals surface area contributed by atoms with Gasteiger partial charge in [0.1, 0.15) is 6.54 Å². The number of sulfonamides is 1. The van der Waals surface area contributed by atoms with Gasteiger partial charge < -0.3 is 5.11 Å². The first-order valence-electron chi connectivity index (χ1n) is 5.47. The molecule has 1 aromatic rings. The van der Waals surface area contributed by atoms with Gasteiger partial charge >= 0.3 is 11.7 Å². The van der Waals surface area contributed by atoms with Crippen LogP contribution in [-0.2, 0) is 14.8 Å². The minimum Gasteiger partial charge on any atom is -0.480 e. The molecule has 10 heteroatoms. The summed E-state index contributed by atoms with van der Waals surface area (Å²) in [7, 11) is -4.30. The van der Waals surface area contributed by atoms with E-state index in [2.05, 4.69) is 6.58 Å². The van der Waals surface area contributed by atoms with E-state index < -0.39 is 43.9 Å². The number of nitro groups is 1. The zero-order chi connectivity index (χ0) is 16.2. The average molecular weight is 318 g/mol. The van der Waals surface area contributed by atoms with Gasteiger partial charge in [-0.05, 0) is 6.07 Å². The zero-order valence-electron chi connectivity index (χ0n) is 10.6. The molecule has 1 aromatic carbocycles. The Morgan fingerprint density at radius 2 is 2.14 bits per heavy atom. The van der Waals surface area contributed by atoms with Crippen molar-refractivity contribution in [1.82, 2.24) is 4.31 Å². The van der Waals surface area contributed by atoms with Crippen LogP contribution in [-0.4, -0.2) is 41.8 Å². The number of aliphatic carboxylic acids is 1. The van der Waals surface area contributed by atoms with Gasteiger partial charge in [0.05, 0.1) is 9.82 Å². The van der Waals surface area contributed by atoms with Crippen LogP contribution >= 0.6 is 0 Å². The highest BCUT2D eigenvalue weighted by molar-refractivity contribution is 7.89. The van der Waals surface area contributed by atoms with Crippen molar-refractivity contribution in [3.05, 3.63) is 46.8 Å². The summed E-state index contributed by atoms with van der Waals surface area (Å²) in [4.78, 5) is 19.6. The second kappa shape index (κ2) is 6.41. The predicted molar refractivity (Wildman–Crippen MR) is 69.6 cm³/mol. The summed E-state index contributed by atoms with van der Waals surface area (Å²) in [6.07, 6.45) is 1.17. The molecular weight excluding hydrogens is 307 g/mol. The molecule has 1 N–H and O–H groups in total. The number of carboxylic acids is 1. The SMILES string of the molecule is C=CCN(CC(=O)O)S(=O)(=O)c1ccc([N+](=O)[O-])c(F)c1. The molecule has 0 fully saturated rings. The molecule has 0 aliphatic heterocycles. The Morgan fingerprint density at radius 3 is 2.57 bits per heavy atom. The molecule has 0 spiro atoms. The average Bonchev–Trinajstić information content (AvgIpc) is 2.37. The van der Waals surface area contributed by atoms with Gasteiger partial charge in [-0.25, -0.2) is 8.42 Å². The van der Waals surface area contributed by atoms with Crippen molar-refractivity contribution in [2.24, 2.45) is 0 Å². The lowest BCUT2D eigenvalue weighted by atomic mass is 10.3. The summed E-state index contributed by atoms with van der Waals surface area (Å²) in [5.41, 5.74) is -0.873. The fourth-order valence-corrected chi connectivity index (χ4v) is 2.86. The van der Waals surface area contributed by atoms with E-state index in [0.29, 0.717) is 16.4 Å². The maximum atomic E-state index is 13.5. The highest BCUT2D eigenvalue weighted by Crippen LogP contribution is 2.23. The van der Waals surface area contributed by atoms with Crippen molar-refractivity contribution < 1.29 is 27.6 Å². The number of rotatable bonds is 7. The number of hydrogen-bond acceptors (Lipinski definition) is 5. The fourth-order valence-electron chi connectivity index (χ4n) is 1.49. The summed E-state index contributed by atoms with van der Waals surface area (Å²) in [5, 5.41) is 19.2. The number of carboxylic acid groups (broad SMARTS) is 1. The monoisotopic (exact) mass is 318 g/mol. The van der Waals surface area contributed by atoms with Crippen LogP contribution in [0.25, 0.3) is 0 Å². The van der Waals surface area contributed by atoms with Crippen LogP contribution in [0.4, 0.5) is 10.1 Å². The van der Waals surface area contributed by atoms with E-state index in [1.54, 1.807) is 0 Å². The van der Waals surface area contributed by atoms with Crippen LogP contribution in [0.15, 0.2) is 35.7 Å². The molecular formula is C11H11FN2O6S. The van der Waals surface area contributed by atoms with Crippen molar-refractivity contribution in [1.29, 1.82) is 0 Å². The highest BCUT2D eigenvalue weighted by Gasteiger charge is 2.27. The van der Waals surface area contributed by atoms with E-state index >= 15 is 0 Å². The van der Waals surface area contributed by atoms with E-state index in [4.69, 9.17) is 5.11 Å². The number of hydrogen-bond donors (Lipinski definition) is 1. The van der Waals surface area contributed by atoms with Gasteiger partial charge in [0.25, 0.3) is 0 Å².